The molecular weight excluding hydrogens is 266 g/mol. The van der Waals surface area contributed by atoms with E-state index in [0.29, 0.717) is 6.42 Å². The molecule has 0 N–H and O–H groups in total. The molecule has 0 aliphatic carbocycles. The molecule has 0 aromatic heterocycles. The van der Waals surface area contributed by atoms with Gasteiger partial charge in [-0.1, -0.05) is 84.5 Å². The molecule has 0 bridgehead atoms. The maximum absolute atomic E-state index is 13.2. The smallest absolute Gasteiger partial charge is 0.100 e. The van der Waals surface area contributed by atoms with Gasteiger partial charge in [-0.25, -0.2) is 8.78 Å². The third kappa shape index (κ3) is 16.1. The minimum absolute atomic E-state index is 0.563. The number of alkyl halides is 2. The van der Waals surface area contributed by atoms with Crippen LogP contribution in [0.15, 0.2) is 0 Å². The fraction of sp³-hybridized carbons (Fsp3) is 1.00. The van der Waals surface area contributed by atoms with E-state index in [1.54, 1.807) is 0 Å². The highest BCUT2D eigenvalue weighted by molar-refractivity contribution is 4.56. The Morgan fingerprint density at radius 3 is 1.29 bits per heavy atom. The Bertz CT molecular complexity index is 194. The lowest BCUT2D eigenvalue weighted by atomic mass is 10.0. The Morgan fingerprint density at radius 2 is 0.905 bits per heavy atom. The van der Waals surface area contributed by atoms with Crippen molar-refractivity contribution in [3.8, 4) is 0 Å². The van der Waals surface area contributed by atoms with Crippen molar-refractivity contribution in [1.29, 1.82) is 0 Å². The van der Waals surface area contributed by atoms with Crippen LogP contribution in [0.25, 0.3) is 0 Å². The Kier molecular flexibility index (Phi) is 16.1. The van der Waals surface area contributed by atoms with E-state index in [0.717, 1.165) is 38.5 Å². The van der Waals surface area contributed by atoms with Crippen molar-refractivity contribution in [3.05, 3.63) is 0 Å². The zero-order valence-corrected chi connectivity index (χ0v) is 14.5. The standard InChI is InChI=1S/C19H38F2/c1-3-15-19(21)17-14-12-10-8-6-5-7-9-11-13-16-18(20)4-2/h18-19H,3-17H2,1-2H3. The fourth-order valence-electron chi connectivity index (χ4n) is 2.81. The van der Waals surface area contributed by atoms with Crippen LogP contribution in [0.5, 0.6) is 0 Å². The molecule has 0 fully saturated rings. The van der Waals surface area contributed by atoms with Crippen LogP contribution in [-0.2, 0) is 0 Å². The third-order valence-electron chi connectivity index (χ3n) is 4.33. The minimum Gasteiger partial charge on any atom is -0.248 e. The van der Waals surface area contributed by atoms with E-state index in [2.05, 4.69) is 0 Å². The summed E-state index contributed by atoms with van der Waals surface area (Å²) < 4.78 is 26.2. The largest absolute Gasteiger partial charge is 0.248 e. The summed E-state index contributed by atoms with van der Waals surface area (Å²) in [6.45, 7) is 3.97. The van der Waals surface area contributed by atoms with Crippen molar-refractivity contribution in [2.24, 2.45) is 0 Å². The average Bonchev–Trinajstić information content (AvgIpc) is 2.48. The van der Waals surface area contributed by atoms with E-state index >= 15 is 0 Å². The Labute approximate surface area is 132 Å². The van der Waals surface area contributed by atoms with Crippen LogP contribution in [-0.4, -0.2) is 12.3 Å². The molecular formula is C19H38F2. The van der Waals surface area contributed by atoms with Gasteiger partial charge in [0.25, 0.3) is 0 Å². The van der Waals surface area contributed by atoms with Crippen molar-refractivity contribution < 1.29 is 8.78 Å². The molecule has 2 atom stereocenters. The van der Waals surface area contributed by atoms with E-state index < -0.39 is 12.3 Å². The maximum Gasteiger partial charge on any atom is 0.100 e. The van der Waals surface area contributed by atoms with E-state index in [-0.39, 0.29) is 0 Å². The molecule has 0 rings (SSSR count). The quantitative estimate of drug-likeness (QED) is 0.258. The highest BCUT2D eigenvalue weighted by atomic mass is 19.1. The number of hydrogen-bond donors (Lipinski definition) is 0. The summed E-state index contributed by atoms with van der Waals surface area (Å²) in [5.41, 5.74) is 0. The lowest BCUT2D eigenvalue weighted by molar-refractivity contribution is 0.285. The molecule has 0 aromatic rings. The number of rotatable bonds is 16. The first-order chi connectivity index (χ1) is 10.2. The molecule has 0 aliphatic heterocycles. The lowest BCUT2D eigenvalue weighted by Crippen LogP contribution is -1.98. The van der Waals surface area contributed by atoms with Crippen molar-refractivity contribution in [2.75, 3.05) is 0 Å². The second kappa shape index (κ2) is 16.2. The molecule has 0 nitrogen and oxygen atoms in total. The van der Waals surface area contributed by atoms with Crippen molar-refractivity contribution in [1.82, 2.24) is 0 Å². The van der Waals surface area contributed by atoms with Gasteiger partial charge in [0.15, 0.2) is 0 Å². The topological polar surface area (TPSA) is 0 Å². The second-order valence-corrected chi connectivity index (χ2v) is 6.50. The summed E-state index contributed by atoms with van der Waals surface area (Å²) >= 11 is 0. The van der Waals surface area contributed by atoms with Crippen LogP contribution < -0.4 is 0 Å². The first kappa shape index (κ1) is 20.9. The Morgan fingerprint density at radius 1 is 0.524 bits per heavy atom. The average molecular weight is 305 g/mol. The minimum atomic E-state index is -0.578. The summed E-state index contributed by atoms with van der Waals surface area (Å²) in [4.78, 5) is 0. The summed E-state index contributed by atoms with van der Waals surface area (Å²) in [5.74, 6) is 0. The van der Waals surface area contributed by atoms with Gasteiger partial charge in [0.2, 0.25) is 0 Å². The van der Waals surface area contributed by atoms with Crippen LogP contribution in [0.1, 0.15) is 110 Å². The monoisotopic (exact) mass is 304 g/mol. The van der Waals surface area contributed by atoms with Crippen molar-refractivity contribution in [3.63, 3.8) is 0 Å². The maximum atomic E-state index is 13.2. The van der Waals surface area contributed by atoms with Gasteiger partial charge < -0.3 is 0 Å². The molecule has 2 heteroatoms. The molecule has 0 saturated heterocycles. The second-order valence-electron chi connectivity index (χ2n) is 6.50. The Hall–Kier alpha value is -0.140. The predicted octanol–water partition coefficient (Wildman–Crippen LogP) is 7.55. The SMILES string of the molecule is CCCC(F)CCCCCCCCCCCCC(F)CC. The van der Waals surface area contributed by atoms with Crippen LogP contribution in [0.2, 0.25) is 0 Å². The molecule has 0 spiro atoms. The van der Waals surface area contributed by atoms with Gasteiger partial charge in [-0.2, -0.15) is 0 Å². The molecule has 128 valence electrons. The van der Waals surface area contributed by atoms with Gasteiger partial charge in [0.1, 0.15) is 6.17 Å². The molecule has 0 amide bonds. The summed E-state index contributed by atoms with van der Waals surface area (Å²) in [7, 11) is 0. The van der Waals surface area contributed by atoms with Gasteiger partial charge in [-0.3, -0.25) is 0 Å². The molecule has 0 radical (unpaired) electrons. The van der Waals surface area contributed by atoms with Gasteiger partial charge in [-0.15, -0.1) is 0 Å². The van der Waals surface area contributed by atoms with Crippen LogP contribution >= 0.6 is 0 Å². The highest BCUT2D eigenvalue weighted by Crippen LogP contribution is 2.15. The van der Waals surface area contributed by atoms with Gasteiger partial charge in [-0.05, 0) is 25.7 Å². The molecule has 21 heavy (non-hydrogen) atoms. The van der Waals surface area contributed by atoms with Crippen molar-refractivity contribution >= 4 is 0 Å². The van der Waals surface area contributed by atoms with Crippen LogP contribution in [0.4, 0.5) is 8.78 Å². The van der Waals surface area contributed by atoms with E-state index in [1.807, 2.05) is 13.8 Å². The molecule has 0 aliphatic rings. The van der Waals surface area contributed by atoms with Crippen molar-refractivity contribution in [2.45, 2.75) is 123 Å². The number of unbranched alkanes of at least 4 members (excludes halogenated alkanes) is 9. The number of halogens is 2. The first-order valence-electron chi connectivity index (χ1n) is 9.48. The zero-order chi connectivity index (χ0) is 15.8. The molecule has 0 aromatic carbocycles. The van der Waals surface area contributed by atoms with Gasteiger partial charge in [0.05, 0.1) is 6.17 Å². The molecule has 0 saturated carbocycles. The van der Waals surface area contributed by atoms with E-state index in [1.165, 1.54) is 51.4 Å². The predicted molar refractivity (Wildman–Crippen MR) is 90.4 cm³/mol. The zero-order valence-electron chi connectivity index (χ0n) is 14.5. The summed E-state index contributed by atoms with van der Waals surface area (Å²) in [6.07, 6.45) is 15.0. The van der Waals surface area contributed by atoms with Gasteiger partial charge >= 0.3 is 0 Å². The summed E-state index contributed by atoms with van der Waals surface area (Å²) in [6, 6.07) is 0. The summed E-state index contributed by atoms with van der Waals surface area (Å²) in [5, 5.41) is 0. The highest BCUT2D eigenvalue weighted by Gasteiger charge is 2.04. The van der Waals surface area contributed by atoms with Crippen LogP contribution in [0.3, 0.4) is 0 Å². The normalized spacial score (nSPS) is 14.3. The van der Waals surface area contributed by atoms with Crippen LogP contribution in [0, 0.1) is 0 Å². The van der Waals surface area contributed by atoms with Gasteiger partial charge in [0, 0.05) is 0 Å². The molecule has 2 unspecified atom stereocenters. The Balaban J connectivity index is 3.06. The molecule has 0 heterocycles. The van der Waals surface area contributed by atoms with E-state index in [9.17, 15) is 8.78 Å². The lowest BCUT2D eigenvalue weighted by Gasteiger charge is -2.06. The fourth-order valence-corrected chi connectivity index (χ4v) is 2.81. The first-order valence-corrected chi connectivity index (χ1v) is 9.48. The number of hydrogen-bond acceptors (Lipinski definition) is 0. The third-order valence-corrected chi connectivity index (χ3v) is 4.33. The van der Waals surface area contributed by atoms with E-state index in [4.69, 9.17) is 0 Å².